The van der Waals surface area contributed by atoms with Crippen LogP contribution in [0.2, 0.25) is 0 Å². The van der Waals surface area contributed by atoms with Crippen LogP contribution in [0.3, 0.4) is 0 Å². The molecular formula is C19H17N3O. The van der Waals surface area contributed by atoms with Gasteiger partial charge < -0.3 is 4.74 Å². The lowest BCUT2D eigenvalue weighted by Crippen LogP contribution is -2.15. The molecule has 0 saturated carbocycles. The summed E-state index contributed by atoms with van der Waals surface area (Å²) in [5, 5.41) is 0. The quantitative estimate of drug-likeness (QED) is 0.726. The largest absolute Gasteiger partial charge is 0.375 e. The van der Waals surface area contributed by atoms with Gasteiger partial charge in [-0.25, -0.2) is 15.0 Å². The van der Waals surface area contributed by atoms with E-state index in [1.165, 1.54) is 5.56 Å². The molecule has 0 radical (unpaired) electrons. The standard InChI is InChI=1S/C19H17N3O/c1-13-6-5-9-16(20-13)19-21-17-12-23-11-10-15(17)18(22-19)14-7-3-2-4-8-14/h2-9H,10-12H2,1H3. The van der Waals surface area contributed by atoms with Crippen LogP contribution in [0.15, 0.2) is 48.5 Å². The van der Waals surface area contributed by atoms with Gasteiger partial charge in [-0.1, -0.05) is 36.4 Å². The average molecular weight is 303 g/mol. The first-order valence-electron chi connectivity index (χ1n) is 7.78. The maximum atomic E-state index is 5.59. The molecule has 114 valence electrons. The molecule has 1 aliphatic rings. The Kier molecular flexibility index (Phi) is 3.60. The lowest BCUT2D eigenvalue weighted by Gasteiger charge is -2.19. The maximum Gasteiger partial charge on any atom is 0.179 e. The zero-order chi connectivity index (χ0) is 15.6. The van der Waals surface area contributed by atoms with Crippen LogP contribution in [-0.4, -0.2) is 21.6 Å². The summed E-state index contributed by atoms with van der Waals surface area (Å²) in [5.74, 6) is 0.664. The predicted octanol–water partition coefficient (Wildman–Crippen LogP) is 3.59. The second-order valence-electron chi connectivity index (χ2n) is 5.65. The fourth-order valence-electron chi connectivity index (χ4n) is 2.87. The van der Waals surface area contributed by atoms with E-state index in [4.69, 9.17) is 14.7 Å². The van der Waals surface area contributed by atoms with Gasteiger partial charge in [0.25, 0.3) is 0 Å². The van der Waals surface area contributed by atoms with E-state index in [9.17, 15) is 0 Å². The molecule has 0 atom stereocenters. The van der Waals surface area contributed by atoms with Crippen molar-refractivity contribution >= 4 is 0 Å². The fourth-order valence-corrected chi connectivity index (χ4v) is 2.87. The molecule has 0 aliphatic carbocycles. The normalized spacial score (nSPS) is 13.6. The molecule has 0 unspecified atom stereocenters. The van der Waals surface area contributed by atoms with Crippen molar-refractivity contribution in [2.45, 2.75) is 20.0 Å². The highest BCUT2D eigenvalue weighted by atomic mass is 16.5. The summed E-state index contributed by atoms with van der Waals surface area (Å²) in [5.41, 5.74) is 6.04. The van der Waals surface area contributed by atoms with Gasteiger partial charge in [-0.05, 0) is 25.5 Å². The first-order valence-corrected chi connectivity index (χ1v) is 7.78. The highest BCUT2D eigenvalue weighted by molar-refractivity contribution is 5.67. The number of rotatable bonds is 2. The van der Waals surface area contributed by atoms with Crippen molar-refractivity contribution in [2.75, 3.05) is 6.61 Å². The summed E-state index contributed by atoms with van der Waals surface area (Å²) in [6.07, 6.45) is 0.848. The second-order valence-corrected chi connectivity index (χ2v) is 5.65. The van der Waals surface area contributed by atoms with Gasteiger partial charge in [-0.2, -0.15) is 0 Å². The molecule has 4 heteroatoms. The first-order chi connectivity index (χ1) is 11.3. The van der Waals surface area contributed by atoms with Gasteiger partial charge in [-0.15, -0.1) is 0 Å². The third-order valence-electron chi connectivity index (χ3n) is 3.99. The number of hydrogen-bond donors (Lipinski definition) is 0. The number of fused-ring (bicyclic) bond motifs is 1. The van der Waals surface area contributed by atoms with E-state index in [-0.39, 0.29) is 0 Å². The smallest absolute Gasteiger partial charge is 0.179 e. The van der Waals surface area contributed by atoms with Crippen molar-refractivity contribution < 1.29 is 4.74 Å². The zero-order valence-electron chi connectivity index (χ0n) is 13.0. The lowest BCUT2D eigenvalue weighted by molar-refractivity contribution is 0.107. The van der Waals surface area contributed by atoms with Crippen molar-refractivity contribution in [1.29, 1.82) is 0 Å². The number of benzene rings is 1. The third kappa shape index (κ3) is 2.73. The monoisotopic (exact) mass is 303 g/mol. The van der Waals surface area contributed by atoms with Crippen molar-refractivity contribution in [3.63, 3.8) is 0 Å². The van der Waals surface area contributed by atoms with Crippen molar-refractivity contribution in [3.05, 3.63) is 65.5 Å². The van der Waals surface area contributed by atoms with Gasteiger partial charge in [-0.3, -0.25) is 0 Å². The van der Waals surface area contributed by atoms with Crippen molar-refractivity contribution in [1.82, 2.24) is 15.0 Å². The SMILES string of the molecule is Cc1cccc(-c2nc3c(c(-c4ccccc4)n2)CCOC3)n1. The molecule has 3 heterocycles. The molecule has 0 spiro atoms. The van der Waals surface area contributed by atoms with Crippen molar-refractivity contribution in [3.8, 4) is 22.8 Å². The summed E-state index contributed by atoms with van der Waals surface area (Å²) < 4.78 is 5.59. The van der Waals surface area contributed by atoms with Crippen LogP contribution in [0.5, 0.6) is 0 Å². The van der Waals surface area contributed by atoms with Gasteiger partial charge in [0.05, 0.1) is 24.6 Å². The minimum atomic E-state index is 0.538. The van der Waals surface area contributed by atoms with Gasteiger partial charge in [0.15, 0.2) is 5.82 Å². The van der Waals surface area contributed by atoms with Gasteiger partial charge in [0, 0.05) is 16.8 Å². The summed E-state index contributed by atoms with van der Waals surface area (Å²) >= 11 is 0. The van der Waals surface area contributed by atoms with E-state index in [1.807, 2.05) is 43.3 Å². The summed E-state index contributed by atoms with van der Waals surface area (Å²) in [7, 11) is 0. The van der Waals surface area contributed by atoms with Crippen LogP contribution in [0.1, 0.15) is 17.0 Å². The van der Waals surface area contributed by atoms with Crippen molar-refractivity contribution in [2.24, 2.45) is 0 Å². The Bertz CT molecular complexity index is 846. The number of nitrogens with zero attached hydrogens (tertiary/aromatic N) is 3. The number of ether oxygens (including phenoxy) is 1. The third-order valence-corrected chi connectivity index (χ3v) is 3.99. The van der Waals surface area contributed by atoms with E-state index in [1.54, 1.807) is 0 Å². The predicted molar refractivity (Wildman–Crippen MR) is 88.8 cm³/mol. The Morgan fingerprint density at radius 2 is 1.78 bits per heavy atom. The number of hydrogen-bond acceptors (Lipinski definition) is 4. The lowest BCUT2D eigenvalue weighted by atomic mass is 10.0. The number of aryl methyl sites for hydroxylation is 1. The Morgan fingerprint density at radius 3 is 2.61 bits per heavy atom. The summed E-state index contributed by atoms with van der Waals surface area (Å²) in [6.45, 7) is 3.23. The minimum Gasteiger partial charge on any atom is -0.375 e. The Hall–Kier alpha value is -2.59. The van der Waals surface area contributed by atoms with Gasteiger partial charge in [0.1, 0.15) is 5.69 Å². The molecule has 1 aliphatic heterocycles. The summed E-state index contributed by atoms with van der Waals surface area (Å²) in [4.78, 5) is 14.1. The second kappa shape index (κ2) is 5.89. The highest BCUT2D eigenvalue weighted by Crippen LogP contribution is 2.29. The Labute approximate surface area is 135 Å². The van der Waals surface area contributed by atoms with Gasteiger partial charge >= 0.3 is 0 Å². The molecule has 0 fully saturated rings. The Balaban J connectivity index is 1.92. The molecule has 4 rings (SSSR count). The van der Waals surface area contributed by atoms with E-state index in [0.29, 0.717) is 12.4 Å². The molecule has 0 N–H and O–H groups in total. The van der Waals surface area contributed by atoms with Crippen LogP contribution in [0, 0.1) is 6.92 Å². The molecule has 23 heavy (non-hydrogen) atoms. The molecule has 3 aromatic rings. The van der Waals surface area contributed by atoms with Crippen LogP contribution < -0.4 is 0 Å². The molecular weight excluding hydrogens is 286 g/mol. The molecule has 1 aromatic carbocycles. The minimum absolute atomic E-state index is 0.538. The highest BCUT2D eigenvalue weighted by Gasteiger charge is 2.20. The zero-order valence-corrected chi connectivity index (χ0v) is 13.0. The average Bonchev–Trinajstić information content (AvgIpc) is 2.61. The molecule has 0 saturated heterocycles. The number of pyridine rings is 1. The van der Waals surface area contributed by atoms with Crippen LogP contribution in [0.4, 0.5) is 0 Å². The Morgan fingerprint density at radius 1 is 0.913 bits per heavy atom. The van der Waals surface area contributed by atoms with Crippen LogP contribution >= 0.6 is 0 Å². The maximum absolute atomic E-state index is 5.59. The molecule has 2 aromatic heterocycles. The topological polar surface area (TPSA) is 47.9 Å². The van der Waals surface area contributed by atoms with Crippen LogP contribution in [0.25, 0.3) is 22.8 Å². The first kappa shape index (κ1) is 14.0. The fraction of sp³-hybridized carbons (Fsp3) is 0.211. The molecule has 0 amide bonds. The van der Waals surface area contributed by atoms with Gasteiger partial charge in [0.2, 0.25) is 0 Å². The van der Waals surface area contributed by atoms with E-state index in [2.05, 4.69) is 17.1 Å². The molecule has 0 bridgehead atoms. The van der Waals surface area contributed by atoms with E-state index >= 15 is 0 Å². The van der Waals surface area contributed by atoms with E-state index in [0.717, 1.165) is 41.4 Å². The molecule has 4 nitrogen and oxygen atoms in total. The van der Waals surface area contributed by atoms with Crippen LogP contribution in [-0.2, 0) is 17.8 Å². The summed E-state index contributed by atoms with van der Waals surface area (Å²) in [6, 6.07) is 16.2. The van der Waals surface area contributed by atoms with E-state index < -0.39 is 0 Å². The number of aromatic nitrogens is 3.